The molecule has 0 bridgehead atoms. The molecule has 0 N–H and O–H groups in total. The van der Waals surface area contributed by atoms with Crippen LogP contribution in [0, 0.1) is 0 Å². The SMILES string of the molecule is CC1(C)c2cccc3c2N2c4c1cccc4C(C)(C)c1cc(-c4c5ccccc5c(-c5ccccc5)c5ccccc45)cc(c12)C3(C)C. The molecule has 0 saturated heterocycles. The van der Waals surface area contributed by atoms with E-state index in [1.165, 1.54) is 94.2 Å². The number of rotatable bonds is 2. The van der Waals surface area contributed by atoms with E-state index >= 15 is 0 Å². The minimum atomic E-state index is -0.187. The summed E-state index contributed by atoms with van der Waals surface area (Å²) < 4.78 is 0. The summed E-state index contributed by atoms with van der Waals surface area (Å²) in [6.07, 6.45) is 0. The first-order valence-electron chi connectivity index (χ1n) is 17.4. The smallest absolute Gasteiger partial charge is 0.0544 e. The van der Waals surface area contributed by atoms with Gasteiger partial charge < -0.3 is 4.90 Å². The maximum atomic E-state index is 2.67. The average Bonchev–Trinajstić information content (AvgIpc) is 3.09. The van der Waals surface area contributed by atoms with Crippen molar-refractivity contribution in [3.8, 4) is 22.3 Å². The van der Waals surface area contributed by atoms with Crippen molar-refractivity contribution in [1.29, 1.82) is 0 Å². The van der Waals surface area contributed by atoms with Gasteiger partial charge in [-0.3, -0.25) is 0 Å². The molecule has 0 saturated carbocycles. The van der Waals surface area contributed by atoms with Crippen LogP contribution in [0.4, 0.5) is 17.1 Å². The molecule has 232 valence electrons. The number of anilines is 3. The first-order chi connectivity index (χ1) is 23.1. The van der Waals surface area contributed by atoms with E-state index in [2.05, 4.69) is 174 Å². The maximum Gasteiger partial charge on any atom is 0.0544 e. The molecule has 1 heteroatoms. The van der Waals surface area contributed by atoms with Crippen molar-refractivity contribution in [1.82, 2.24) is 0 Å². The van der Waals surface area contributed by atoms with Crippen molar-refractivity contribution in [3.05, 3.63) is 161 Å². The molecule has 0 atom stereocenters. The van der Waals surface area contributed by atoms with Crippen LogP contribution >= 0.6 is 0 Å². The molecule has 3 aliphatic heterocycles. The van der Waals surface area contributed by atoms with Crippen LogP contribution in [0.1, 0.15) is 74.9 Å². The largest absolute Gasteiger partial charge is 0.309 e. The van der Waals surface area contributed by atoms with Gasteiger partial charge in [-0.1, -0.05) is 157 Å². The van der Waals surface area contributed by atoms with Gasteiger partial charge >= 0.3 is 0 Å². The first-order valence-corrected chi connectivity index (χ1v) is 17.4. The summed E-state index contributed by atoms with van der Waals surface area (Å²) in [7, 11) is 0. The van der Waals surface area contributed by atoms with E-state index < -0.39 is 0 Å². The highest BCUT2D eigenvalue weighted by Gasteiger charge is 2.51. The third-order valence-corrected chi connectivity index (χ3v) is 12.2. The lowest BCUT2D eigenvalue weighted by Gasteiger charge is -2.55. The Morgan fingerprint density at radius 2 is 0.667 bits per heavy atom. The van der Waals surface area contributed by atoms with Gasteiger partial charge in [0.1, 0.15) is 0 Å². The molecule has 7 aromatic rings. The average molecular weight is 618 g/mol. The molecule has 3 heterocycles. The Morgan fingerprint density at radius 3 is 1.08 bits per heavy atom. The Kier molecular flexibility index (Phi) is 5.27. The number of fused-ring (bicyclic) bond motifs is 2. The highest BCUT2D eigenvalue weighted by Crippen LogP contribution is 2.66. The quantitative estimate of drug-likeness (QED) is 0.174. The van der Waals surface area contributed by atoms with Gasteiger partial charge in [0.2, 0.25) is 0 Å². The fraction of sp³-hybridized carbons (Fsp3) is 0.191. The van der Waals surface area contributed by atoms with Gasteiger partial charge in [0.05, 0.1) is 17.1 Å². The Balaban J connectivity index is 1.36. The van der Waals surface area contributed by atoms with Gasteiger partial charge in [-0.2, -0.15) is 0 Å². The molecule has 7 aromatic carbocycles. The van der Waals surface area contributed by atoms with Crippen LogP contribution in [0.2, 0.25) is 0 Å². The normalized spacial score (nSPS) is 17.0. The second-order valence-electron chi connectivity index (χ2n) is 15.7. The lowest BCUT2D eigenvalue weighted by molar-refractivity contribution is 0.567. The number of nitrogens with zero attached hydrogens (tertiary/aromatic N) is 1. The van der Waals surface area contributed by atoms with E-state index in [1.54, 1.807) is 0 Å². The summed E-state index contributed by atoms with van der Waals surface area (Å²) in [5.74, 6) is 0. The zero-order valence-corrected chi connectivity index (χ0v) is 28.6. The van der Waals surface area contributed by atoms with Crippen LogP contribution in [0.5, 0.6) is 0 Å². The predicted octanol–water partition coefficient (Wildman–Crippen LogP) is 12.7. The minimum absolute atomic E-state index is 0.0907. The van der Waals surface area contributed by atoms with Gasteiger partial charge in [-0.05, 0) is 89.3 Å². The molecular weight excluding hydrogens is 579 g/mol. The monoisotopic (exact) mass is 617 g/mol. The number of para-hydroxylation sites is 2. The van der Waals surface area contributed by atoms with Crippen molar-refractivity contribution in [2.45, 2.75) is 57.8 Å². The molecule has 10 rings (SSSR count). The van der Waals surface area contributed by atoms with Crippen molar-refractivity contribution in [2.75, 3.05) is 4.90 Å². The second kappa shape index (κ2) is 9.05. The second-order valence-corrected chi connectivity index (χ2v) is 15.7. The summed E-state index contributed by atoms with van der Waals surface area (Å²) in [5, 5.41) is 5.19. The van der Waals surface area contributed by atoms with E-state index in [4.69, 9.17) is 0 Å². The Labute approximate surface area is 283 Å². The lowest BCUT2D eigenvalue weighted by Crippen LogP contribution is -2.43. The summed E-state index contributed by atoms with van der Waals surface area (Å²) in [4.78, 5) is 2.67. The zero-order chi connectivity index (χ0) is 32.7. The van der Waals surface area contributed by atoms with E-state index in [0.29, 0.717) is 0 Å². The van der Waals surface area contributed by atoms with Crippen molar-refractivity contribution >= 4 is 38.6 Å². The van der Waals surface area contributed by atoms with Gasteiger partial charge in [-0.15, -0.1) is 0 Å². The van der Waals surface area contributed by atoms with Gasteiger partial charge in [-0.25, -0.2) is 0 Å². The predicted molar refractivity (Wildman–Crippen MR) is 203 cm³/mol. The fourth-order valence-corrected chi connectivity index (χ4v) is 9.68. The summed E-state index contributed by atoms with van der Waals surface area (Å²) >= 11 is 0. The van der Waals surface area contributed by atoms with Crippen molar-refractivity contribution in [3.63, 3.8) is 0 Å². The molecule has 0 amide bonds. The molecule has 0 aromatic heterocycles. The summed E-state index contributed by atoms with van der Waals surface area (Å²) in [5.41, 5.74) is 17.4. The van der Waals surface area contributed by atoms with Gasteiger partial charge in [0, 0.05) is 16.2 Å². The minimum Gasteiger partial charge on any atom is -0.309 e. The Bertz CT molecular complexity index is 2380. The lowest BCUT2D eigenvalue weighted by atomic mass is 9.60. The first kappa shape index (κ1) is 27.9. The maximum absolute atomic E-state index is 2.67. The highest BCUT2D eigenvalue weighted by atomic mass is 15.2. The van der Waals surface area contributed by atoms with Crippen LogP contribution in [0.25, 0.3) is 43.8 Å². The molecule has 0 fully saturated rings. The van der Waals surface area contributed by atoms with Crippen LogP contribution in [-0.2, 0) is 16.2 Å². The van der Waals surface area contributed by atoms with Crippen molar-refractivity contribution < 1.29 is 0 Å². The fourth-order valence-electron chi connectivity index (χ4n) is 9.68. The van der Waals surface area contributed by atoms with Gasteiger partial charge in [0.15, 0.2) is 0 Å². The van der Waals surface area contributed by atoms with Crippen LogP contribution < -0.4 is 4.90 Å². The molecule has 48 heavy (non-hydrogen) atoms. The van der Waals surface area contributed by atoms with Crippen LogP contribution in [0.3, 0.4) is 0 Å². The molecule has 0 unspecified atom stereocenters. The molecular formula is C47H39N. The third-order valence-electron chi connectivity index (χ3n) is 12.2. The Morgan fingerprint density at radius 1 is 0.333 bits per heavy atom. The van der Waals surface area contributed by atoms with E-state index in [-0.39, 0.29) is 16.2 Å². The number of hydrogen-bond acceptors (Lipinski definition) is 1. The topological polar surface area (TPSA) is 3.24 Å². The molecule has 1 nitrogen and oxygen atoms in total. The number of hydrogen-bond donors (Lipinski definition) is 0. The van der Waals surface area contributed by atoms with E-state index in [9.17, 15) is 0 Å². The van der Waals surface area contributed by atoms with Crippen molar-refractivity contribution in [2.24, 2.45) is 0 Å². The number of benzene rings is 7. The summed E-state index contributed by atoms with van der Waals surface area (Å²) in [6.45, 7) is 14.6. The highest BCUT2D eigenvalue weighted by molar-refractivity contribution is 6.21. The molecule has 3 aliphatic rings. The zero-order valence-electron chi connectivity index (χ0n) is 28.6. The Hall–Kier alpha value is -5.14. The van der Waals surface area contributed by atoms with Crippen LogP contribution in [-0.4, -0.2) is 0 Å². The third kappa shape index (κ3) is 3.27. The molecule has 0 radical (unpaired) electrons. The standard InChI is InChI=1S/C47H39N/c1-45(2)34-22-14-24-36-42(34)48-43-35(45)23-15-25-37(43)47(5,6)39-27-29(26-38(44(39)48)46(36,3)4)41-32-20-12-10-18-30(32)40(28-16-8-7-9-17-28)31-19-11-13-21-33(31)41/h7-27H,1-6H3. The van der Waals surface area contributed by atoms with E-state index in [1.807, 2.05) is 0 Å². The summed E-state index contributed by atoms with van der Waals surface area (Å²) in [6, 6.07) is 48.2. The van der Waals surface area contributed by atoms with Crippen LogP contribution in [0.15, 0.2) is 127 Å². The molecule has 0 spiro atoms. The van der Waals surface area contributed by atoms with E-state index in [0.717, 1.165) is 0 Å². The molecule has 0 aliphatic carbocycles. The van der Waals surface area contributed by atoms with Gasteiger partial charge in [0.25, 0.3) is 0 Å².